The summed E-state index contributed by atoms with van der Waals surface area (Å²) in [4.78, 5) is 25.0. The number of anilines is 1. The first-order chi connectivity index (χ1) is 12.2. The van der Waals surface area contributed by atoms with E-state index < -0.39 is 0 Å². The molecule has 0 saturated carbocycles. The molecule has 5 nitrogen and oxygen atoms in total. The molecule has 2 aromatic heterocycles. The summed E-state index contributed by atoms with van der Waals surface area (Å²) in [6.07, 6.45) is 1.22. The van der Waals surface area contributed by atoms with Crippen LogP contribution < -0.4 is 5.32 Å². The van der Waals surface area contributed by atoms with Crippen LogP contribution in [-0.2, 0) is 24.2 Å². The highest BCUT2D eigenvalue weighted by atomic mass is 32.1. The van der Waals surface area contributed by atoms with Crippen molar-refractivity contribution in [3.63, 3.8) is 0 Å². The van der Waals surface area contributed by atoms with Gasteiger partial charge >= 0.3 is 0 Å². The zero-order valence-electron chi connectivity index (χ0n) is 13.9. The summed E-state index contributed by atoms with van der Waals surface area (Å²) in [5.74, 6) is -0.0654. The minimum absolute atomic E-state index is 0.0654. The molecule has 0 radical (unpaired) electrons. The molecule has 4 rings (SSSR count). The number of hydrogen-bond acceptors (Lipinski definition) is 6. The maximum atomic E-state index is 12.3. The molecule has 0 atom stereocenters. The number of likely N-dealkylation sites (N-methyl/N-ethyl adjacent to an activating group) is 1. The summed E-state index contributed by atoms with van der Waals surface area (Å²) >= 11 is 3.14. The van der Waals surface area contributed by atoms with Gasteiger partial charge in [-0.1, -0.05) is 30.3 Å². The summed E-state index contributed by atoms with van der Waals surface area (Å²) < 4.78 is 0. The summed E-state index contributed by atoms with van der Waals surface area (Å²) in [5.41, 5.74) is 3.00. The van der Waals surface area contributed by atoms with Gasteiger partial charge in [-0.25, -0.2) is 9.97 Å². The number of hydrogen-bond donors (Lipinski definition) is 1. The highest BCUT2D eigenvalue weighted by molar-refractivity contribution is 7.15. The largest absolute Gasteiger partial charge is 0.302 e. The quantitative estimate of drug-likeness (QED) is 0.764. The van der Waals surface area contributed by atoms with E-state index in [1.54, 1.807) is 22.7 Å². The highest BCUT2D eigenvalue weighted by Crippen LogP contribution is 2.28. The first-order valence-corrected chi connectivity index (χ1v) is 9.84. The van der Waals surface area contributed by atoms with Crippen molar-refractivity contribution in [2.45, 2.75) is 19.4 Å². The van der Waals surface area contributed by atoms with Crippen LogP contribution in [-0.4, -0.2) is 34.4 Å². The molecule has 7 heteroatoms. The molecule has 0 saturated heterocycles. The molecule has 0 fully saturated rings. The molecule has 3 aromatic rings. The van der Waals surface area contributed by atoms with Crippen molar-refractivity contribution in [2.75, 3.05) is 18.9 Å². The Labute approximate surface area is 154 Å². The third-order valence-electron chi connectivity index (χ3n) is 4.08. The van der Waals surface area contributed by atoms with E-state index in [1.807, 2.05) is 35.7 Å². The number of nitrogens with zero attached hydrogens (tertiary/aromatic N) is 3. The molecule has 0 bridgehead atoms. The van der Waals surface area contributed by atoms with Gasteiger partial charge < -0.3 is 10.2 Å². The molecule has 0 aliphatic carbocycles. The lowest BCUT2D eigenvalue weighted by Gasteiger charge is -2.20. The van der Waals surface area contributed by atoms with Gasteiger partial charge in [0.05, 0.1) is 17.8 Å². The van der Waals surface area contributed by atoms with Crippen LogP contribution in [0.1, 0.15) is 16.3 Å². The number of fused-ring (bicyclic) bond motifs is 1. The minimum atomic E-state index is -0.0654. The van der Waals surface area contributed by atoms with Gasteiger partial charge in [-0.3, -0.25) is 4.79 Å². The predicted octanol–water partition coefficient (Wildman–Crippen LogP) is 3.44. The lowest BCUT2D eigenvalue weighted by atomic mass is 10.2. The first kappa shape index (κ1) is 16.4. The molecular weight excluding hydrogens is 352 g/mol. The van der Waals surface area contributed by atoms with E-state index in [-0.39, 0.29) is 12.3 Å². The Morgan fingerprint density at radius 2 is 2.12 bits per heavy atom. The van der Waals surface area contributed by atoms with E-state index in [4.69, 9.17) is 0 Å². The van der Waals surface area contributed by atoms with E-state index >= 15 is 0 Å². The van der Waals surface area contributed by atoms with Gasteiger partial charge in [0.1, 0.15) is 5.01 Å². The van der Waals surface area contributed by atoms with Crippen molar-refractivity contribution < 1.29 is 4.79 Å². The van der Waals surface area contributed by atoms with Crippen LogP contribution in [0, 0.1) is 0 Å². The molecule has 1 aromatic carbocycles. The van der Waals surface area contributed by atoms with E-state index in [9.17, 15) is 4.79 Å². The van der Waals surface area contributed by atoms with Crippen molar-refractivity contribution in [3.05, 3.63) is 52.0 Å². The van der Waals surface area contributed by atoms with Crippen LogP contribution >= 0.6 is 22.7 Å². The zero-order chi connectivity index (χ0) is 17.2. The Bertz CT molecular complexity index is 888. The second-order valence-corrected chi connectivity index (χ2v) is 8.05. The van der Waals surface area contributed by atoms with Crippen LogP contribution in [0.4, 0.5) is 5.13 Å². The van der Waals surface area contributed by atoms with E-state index in [2.05, 4.69) is 27.2 Å². The number of aromatic nitrogens is 2. The molecule has 128 valence electrons. The molecule has 1 amide bonds. The topological polar surface area (TPSA) is 58.1 Å². The Morgan fingerprint density at radius 3 is 2.96 bits per heavy atom. The fourth-order valence-corrected chi connectivity index (χ4v) is 4.74. The average molecular weight is 371 g/mol. The SMILES string of the molecule is CN1CCc2nc(NC(=O)Cc3csc(-c4ccccc4)n3)sc2C1. The molecule has 0 spiro atoms. The molecule has 25 heavy (non-hydrogen) atoms. The van der Waals surface area contributed by atoms with E-state index in [0.29, 0.717) is 5.13 Å². The number of carbonyl (C=O) groups excluding carboxylic acids is 1. The molecule has 0 unspecified atom stereocenters. The average Bonchev–Trinajstić information content (AvgIpc) is 3.21. The van der Waals surface area contributed by atoms with Gasteiger partial charge in [0.2, 0.25) is 5.91 Å². The molecule has 1 N–H and O–H groups in total. The number of carbonyl (C=O) groups is 1. The molecule has 1 aliphatic heterocycles. The van der Waals surface area contributed by atoms with Crippen LogP contribution in [0.3, 0.4) is 0 Å². The number of nitrogens with one attached hydrogen (secondary N) is 1. The number of thiazole rings is 2. The van der Waals surface area contributed by atoms with Crippen molar-refractivity contribution >= 4 is 33.7 Å². The fraction of sp³-hybridized carbons (Fsp3) is 0.278. The fourth-order valence-electron chi connectivity index (χ4n) is 2.81. The second-order valence-electron chi connectivity index (χ2n) is 6.11. The van der Waals surface area contributed by atoms with Gasteiger partial charge in [-0.15, -0.1) is 22.7 Å². The standard InChI is InChI=1S/C18H18N4OS2/c1-22-8-7-14-15(10-22)25-18(20-14)21-16(23)9-13-11-24-17(19-13)12-5-3-2-4-6-12/h2-6,11H,7-10H2,1H3,(H,20,21,23). The number of rotatable bonds is 4. The number of benzene rings is 1. The van der Waals surface area contributed by atoms with Crippen molar-refractivity contribution in [2.24, 2.45) is 0 Å². The minimum Gasteiger partial charge on any atom is -0.302 e. The third-order valence-corrected chi connectivity index (χ3v) is 6.02. The zero-order valence-corrected chi connectivity index (χ0v) is 15.5. The summed E-state index contributed by atoms with van der Waals surface area (Å²) in [7, 11) is 2.10. The van der Waals surface area contributed by atoms with Gasteiger partial charge in [0.25, 0.3) is 0 Å². The van der Waals surface area contributed by atoms with E-state index in [1.165, 1.54) is 4.88 Å². The molecular formula is C18H18N4OS2. The van der Waals surface area contributed by atoms with Crippen LogP contribution in [0.5, 0.6) is 0 Å². The summed E-state index contributed by atoms with van der Waals surface area (Å²) in [6, 6.07) is 10.0. The smallest absolute Gasteiger partial charge is 0.232 e. The van der Waals surface area contributed by atoms with Crippen LogP contribution in [0.2, 0.25) is 0 Å². The summed E-state index contributed by atoms with van der Waals surface area (Å²) in [6.45, 7) is 1.93. The van der Waals surface area contributed by atoms with Crippen molar-refractivity contribution in [1.29, 1.82) is 0 Å². The first-order valence-electron chi connectivity index (χ1n) is 8.14. The predicted molar refractivity (Wildman–Crippen MR) is 102 cm³/mol. The Hall–Kier alpha value is -2.09. The van der Waals surface area contributed by atoms with Gasteiger partial charge in [-0.2, -0.15) is 0 Å². The lowest BCUT2D eigenvalue weighted by Crippen LogP contribution is -2.25. The van der Waals surface area contributed by atoms with Crippen molar-refractivity contribution in [1.82, 2.24) is 14.9 Å². The monoisotopic (exact) mass is 370 g/mol. The normalized spacial score (nSPS) is 14.3. The highest BCUT2D eigenvalue weighted by Gasteiger charge is 2.19. The third kappa shape index (κ3) is 3.78. The van der Waals surface area contributed by atoms with Gasteiger partial charge in [-0.05, 0) is 7.05 Å². The van der Waals surface area contributed by atoms with Crippen LogP contribution in [0.15, 0.2) is 35.7 Å². The summed E-state index contributed by atoms with van der Waals surface area (Å²) in [5, 5.41) is 6.51. The van der Waals surface area contributed by atoms with Gasteiger partial charge in [0, 0.05) is 35.3 Å². The maximum Gasteiger partial charge on any atom is 0.232 e. The van der Waals surface area contributed by atoms with Gasteiger partial charge in [0.15, 0.2) is 5.13 Å². The maximum absolute atomic E-state index is 12.3. The number of amides is 1. The van der Waals surface area contributed by atoms with Crippen molar-refractivity contribution in [3.8, 4) is 10.6 Å². The lowest BCUT2D eigenvalue weighted by molar-refractivity contribution is -0.115. The Morgan fingerprint density at radius 1 is 1.28 bits per heavy atom. The molecule has 3 heterocycles. The Balaban J connectivity index is 1.40. The second kappa shape index (κ2) is 7.03. The van der Waals surface area contributed by atoms with E-state index in [0.717, 1.165) is 41.5 Å². The Kier molecular flexibility index (Phi) is 4.61. The van der Waals surface area contributed by atoms with Crippen LogP contribution in [0.25, 0.3) is 10.6 Å². The molecule has 1 aliphatic rings.